The van der Waals surface area contributed by atoms with Gasteiger partial charge in [0.2, 0.25) is 0 Å². The van der Waals surface area contributed by atoms with Crippen LogP contribution in [0, 0.1) is 6.92 Å². The predicted octanol–water partition coefficient (Wildman–Crippen LogP) is 1.71. The van der Waals surface area contributed by atoms with Crippen LogP contribution >= 0.6 is 0 Å². The van der Waals surface area contributed by atoms with Gasteiger partial charge in [0.05, 0.1) is 6.10 Å². The zero-order valence-corrected chi connectivity index (χ0v) is 11.4. The summed E-state index contributed by atoms with van der Waals surface area (Å²) in [5, 5.41) is 13.6. The molecule has 18 heavy (non-hydrogen) atoms. The Morgan fingerprint density at radius 3 is 2.50 bits per heavy atom. The number of nitrogens with zero attached hydrogens (tertiary/aromatic N) is 1. The lowest BCUT2D eigenvalue weighted by molar-refractivity contribution is 0.158. The van der Waals surface area contributed by atoms with Crippen molar-refractivity contribution in [1.82, 2.24) is 10.2 Å². The molecule has 1 aliphatic rings. The topological polar surface area (TPSA) is 35.5 Å². The second-order valence-corrected chi connectivity index (χ2v) is 5.41. The van der Waals surface area contributed by atoms with Crippen molar-refractivity contribution < 1.29 is 5.11 Å². The number of hydrogen-bond acceptors (Lipinski definition) is 3. The smallest absolute Gasteiger partial charge is 0.0914 e. The molecule has 1 aliphatic heterocycles. The summed E-state index contributed by atoms with van der Waals surface area (Å²) in [6.45, 7) is 5.01. The van der Waals surface area contributed by atoms with E-state index in [0.717, 1.165) is 18.7 Å². The van der Waals surface area contributed by atoms with Crippen LogP contribution in [0.5, 0.6) is 0 Å². The molecule has 0 amide bonds. The molecule has 1 heterocycles. The summed E-state index contributed by atoms with van der Waals surface area (Å²) >= 11 is 0. The molecular weight excluding hydrogens is 224 g/mol. The summed E-state index contributed by atoms with van der Waals surface area (Å²) in [6, 6.07) is 8.68. The molecule has 0 radical (unpaired) electrons. The molecule has 1 aromatic carbocycles. The van der Waals surface area contributed by atoms with Crippen molar-refractivity contribution in [2.24, 2.45) is 0 Å². The van der Waals surface area contributed by atoms with E-state index in [1.165, 1.54) is 18.4 Å². The van der Waals surface area contributed by atoms with Gasteiger partial charge in [0.15, 0.2) is 0 Å². The van der Waals surface area contributed by atoms with Gasteiger partial charge in [-0.25, -0.2) is 0 Å². The van der Waals surface area contributed by atoms with Crippen LogP contribution in [0.1, 0.15) is 30.1 Å². The van der Waals surface area contributed by atoms with Crippen LogP contribution in [0.3, 0.4) is 0 Å². The minimum Gasteiger partial charge on any atom is -0.387 e. The van der Waals surface area contributed by atoms with Crippen LogP contribution in [0.25, 0.3) is 0 Å². The van der Waals surface area contributed by atoms with E-state index < -0.39 is 6.10 Å². The van der Waals surface area contributed by atoms with Gasteiger partial charge < -0.3 is 15.3 Å². The third-order valence-corrected chi connectivity index (χ3v) is 3.78. The molecule has 100 valence electrons. The van der Waals surface area contributed by atoms with Gasteiger partial charge in [-0.15, -0.1) is 0 Å². The standard InChI is InChI=1S/C15H24N2O/c1-12-3-5-13(6-4-12)15(18)11-16-14-7-9-17(2)10-8-14/h3-6,14-16,18H,7-11H2,1-2H3. The third kappa shape index (κ3) is 3.80. The van der Waals surface area contributed by atoms with Gasteiger partial charge in [0.25, 0.3) is 0 Å². The van der Waals surface area contributed by atoms with Crippen molar-refractivity contribution >= 4 is 0 Å². The number of likely N-dealkylation sites (tertiary alicyclic amines) is 1. The highest BCUT2D eigenvalue weighted by Crippen LogP contribution is 2.14. The number of nitrogens with one attached hydrogen (secondary N) is 1. The molecule has 0 bridgehead atoms. The predicted molar refractivity (Wildman–Crippen MR) is 74.7 cm³/mol. The molecule has 2 rings (SSSR count). The number of aryl methyl sites for hydroxylation is 1. The van der Waals surface area contributed by atoms with Crippen molar-refractivity contribution in [2.75, 3.05) is 26.7 Å². The van der Waals surface area contributed by atoms with Gasteiger partial charge in [-0.1, -0.05) is 29.8 Å². The van der Waals surface area contributed by atoms with Gasteiger partial charge in [0.1, 0.15) is 0 Å². The molecule has 1 fully saturated rings. The lowest BCUT2D eigenvalue weighted by Crippen LogP contribution is -2.42. The number of hydrogen-bond donors (Lipinski definition) is 2. The van der Waals surface area contributed by atoms with E-state index in [2.05, 4.69) is 24.2 Å². The van der Waals surface area contributed by atoms with Crippen LogP contribution in [0.2, 0.25) is 0 Å². The summed E-state index contributed by atoms with van der Waals surface area (Å²) in [7, 11) is 2.16. The average molecular weight is 248 g/mol. The Morgan fingerprint density at radius 1 is 1.28 bits per heavy atom. The summed E-state index contributed by atoms with van der Waals surface area (Å²) in [4.78, 5) is 2.36. The Kier molecular flexibility index (Phi) is 4.75. The van der Waals surface area contributed by atoms with Gasteiger partial charge in [-0.2, -0.15) is 0 Å². The monoisotopic (exact) mass is 248 g/mol. The fourth-order valence-electron chi connectivity index (χ4n) is 2.40. The zero-order valence-electron chi connectivity index (χ0n) is 11.4. The highest BCUT2D eigenvalue weighted by Gasteiger charge is 2.17. The quantitative estimate of drug-likeness (QED) is 0.851. The van der Waals surface area contributed by atoms with Gasteiger partial charge >= 0.3 is 0 Å². The van der Waals surface area contributed by atoms with Crippen LogP contribution < -0.4 is 5.32 Å². The van der Waals surface area contributed by atoms with Crippen LogP contribution in [-0.4, -0.2) is 42.7 Å². The largest absolute Gasteiger partial charge is 0.387 e. The molecule has 2 N–H and O–H groups in total. The second-order valence-electron chi connectivity index (χ2n) is 5.41. The van der Waals surface area contributed by atoms with E-state index in [9.17, 15) is 5.11 Å². The van der Waals surface area contributed by atoms with Crippen LogP contribution in [0.15, 0.2) is 24.3 Å². The summed E-state index contributed by atoms with van der Waals surface area (Å²) < 4.78 is 0. The molecule has 0 spiro atoms. The Hall–Kier alpha value is -0.900. The summed E-state index contributed by atoms with van der Waals surface area (Å²) in [5.74, 6) is 0. The molecular formula is C15H24N2O. The normalized spacial score (nSPS) is 19.9. The minimum atomic E-state index is -0.398. The fourth-order valence-corrected chi connectivity index (χ4v) is 2.40. The average Bonchev–Trinajstić information content (AvgIpc) is 2.38. The highest BCUT2D eigenvalue weighted by molar-refractivity contribution is 5.23. The minimum absolute atomic E-state index is 0.398. The molecule has 1 atom stereocenters. The Morgan fingerprint density at radius 2 is 1.89 bits per heavy atom. The molecule has 1 saturated heterocycles. The van der Waals surface area contributed by atoms with E-state index in [4.69, 9.17) is 0 Å². The summed E-state index contributed by atoms with van der Waals surface area (Å²) in [6.07, 6.45) is 1.96. The first-order chi connectivity index (χ1) is 8.65. The van der Waals surface area contributed by atoms with Crippen LogP contribution in [-0.2, 0) is 0 Å². The Balaban J connectivity index is 1.77. The first-order valence-electron chi connectivity index (χ1n) is 6.81. The second kappa shape index (κ2) is 6.32. The van der Waals surface area contributed by atoms with E-state index in [1.54, 1.807) is 0 Å². The van der Waals surface area contributed by atoms with Crippen molar-refractivity contribution in [1.29, 1.82) is 0 Å². The van der Waals surface area contributed by atoms with Crippen molar-refractivity contribution in [2.45, 2.75) is 31.9 Å². The lowest BCUT2D eigenvalue weighted by atomic mass is 10.0. The number of aliphatic hydroxyl groups excluding tert-OH is 1. The van der Waals surface area contributed by atoms with Gasteiger partial charge in [-0.3, -0.25) is 0 Å². The maximum atomic E-state index is 10.1. The van der Waals surface area contributed by atoms with Crippen molar-refractivity contribution in [3.63, 3.8) is 0 Å². The number of piperidine rings is 1. The first-order valence-corrected chi connectivity index (χ1v) is 6.81. The maximum absolute atomic E-state index is 10.1. The van der Waals surface area contributed by atoms with E-state index in [-0.39, 0.29) is 0 Å². The van der Waals surface area contributed by atoms with Crippen molar-refractivity contribution in [3.8, 4) is 0 Å². The Bertz CT molecular complexity index is 355. The number of aliphatic hydroxyl groups is 1. The van der Waals surface area contributed by atoms with E-state index in [0.29, 0.717) is 12.6 Å². The third-order valence-electron chi connectivity index (χ3n) is 3.78. The van der Waals surface area contributed by atoms with Gasteiger partial charge in [0, 0.05) is 12.6 Å². The van der Waals surface area contributed by atoms with E-state index in [1.807, 2.05) is 24.3 Å². The summed E-state index contributed by atoms with van der Waals surface area (Å²) in [5.41, 5.74) is 2.23. The molecule has 0 aromatic heterocycles. The molecule has 1 aromatic rings. The van der Waals surface area contributed by atoms with Gasteiger partial charge in [-0.05, 0) is 45.5 Å². The number of rotatable bonds is 4. The SMILES string of the molecule is Cc1ccc(C(O)CNC2CCN(C)CC2)cc1. The number of benzene rings is 1. The lowest BCUT2D eigenvalue weighted by Gasteiger charge is -2.30. The van der Waals surface area contributed by atoms with Crippen LogP contribution in [0.4, 0.5) is 0 Å². The molecule has 0 aliphatic carbocycles. The van der Waals surface area contributed by atoms with Crippen molar-refractivity contribution in [3.05, 3.63) is 35.4 Å². The zero-order chi connectivity index (χ0) is 13.0. The maximum Gasteiger partial charge on any atom is 0.0914 e. The molecule has 3 nitrogen and oxygen atoms in total. The molecule has 0 saturated carbocycles. The molecule has 1 unspecified atom stereocenters. The highest BCUT2D eigenvalue weighted by atomic mass is 16.3. The molecule has 3 heteroatoms. The first kappa shape index (κ1) is 13.5. The fraction of sp³-hybridized carbons (Fsp3) is 0.600. The van der Waals surface area contributed by atoms with E-state index >= 15 is 0 Å². The Labute approximate surface area is 110 Å².